The van der Waals surface area contributed by atoms with Crippen molar-refractivity contribution in [1.29, 1.82) is 0 Å². The van der Waals surface area contributed by atoms with Gasteiger partial charge < -0.3 is 10.2 Å². The molecule has 1 aromatic heterocycles. The third-order valence-electron chi connectivity index (χ3n) is 2.48. The molecule has 1 N–H and O–H groups in total. The lowest BCUT2D eigenvalue weighted by Gasteiger charge is -2.20. The summed E-state index contributed by atoms with van der Waals surface area (Å²) in [6.07, 6.45) is 3.14. The molecule has 104 valence electrons. The number of anilines is 1. The van der Waals surface area contributed by atoms with E-state index in [1.54, 1.807) is 17.0 Å². The van der Waals surface area contributed by atoms with Gasteiger partial charge in [0.15, 0.2) is 5.15 Å². The normalized spacial score (nSPS) is 10.1. The second-order valence-electron chi connectivity index (χ2n) is 4.09. The van der Waals surface area contributed by atoms with Crippen LogP contribution in [0.15, 0.2) is 18.3 Å². The van der Waals surface area contributed by atoms with E-state index in [1.165, 1.54) is 6.20 Å². The Labute approximate surface area is 118 Å². The van der Waals surface area contributed by atoms with Crippen LogP contribution in [0, 0.1) is 0 Å². The van der Waals surface area contributed by atoms with Gasteiger partial charge >= 0.3 is 11.8 Å². The zero-order valence-corrected chi connectivity index (χ0v) is 11.9. The van der Waals surface area contributed by atoms with Gasteiger partial charge in [0.1, 0.15) is 0 Å². The van der Waals surface area contributed by atoms with Crippen molar-refractivity contribution in [3.63, 3.8) is 0 Å². The maximum Gasteiger partial charge on any atom is 0.313 e. The zero-order valence-electron chi connectivity index (χ0n) is 11.1. The largest absolute Gasteiger partial charge is 0.334 e. The van der Waals surface area contributed by atoms with E-state index in [9.17, 15) is 9.59 Å². The molecule has 1 rings (SSSR count). The van der Waals surface area contributed by atoms with Crippen LogP contribution in [0.1, 0.15) is 26.7 Å². The topological polar surface area (TPSA) is 62.3 Å². The molecule has 19 heavy (non-hydrogen) atoms. The zero-order chi connectivity index (χ0) is 14.3. The Bertz CT molecular complexity index is 445. The standard InChI is InChI=1S/C13H18ClN3O2/c1-3-8-17(9-4-2)13(19)12(18)16-10-6-5-7-15-11(10)14/h5-7H,3-4,8-9H2,1-2H3,(H,16,18). The van der Waals surface area contributed by atoms with Crippen molar-refractivity contribution in [2.24, 2.45) is 0 Å². The van der Waals surface area contributed by atoms with E-state index in [-0.39, 0.29) is 5.15 Å². The summed E-state index contributed by atoms with van der Waals surface area (Å²) in [5.41, 5.74) is 0.343. The van der Waals surface area contributed by atoms with Gasteiger partial charge in [-0.3, -0.25) is 9.59 Å². The number of amides is 2. The third kappa shape index (κ3) is 4.52. The van der Waals surface area contributed by atoms with E-state index >= 15 is 0 Å². The number of nitrogens with zero attached hydrogens (tertiary/aromatic N) is 2. The fraction of sp³-hybridized carbons (Fsp3) is 0.462. The van der Waals surface area contributed by atoms with E-state index < -0.39 is 11.8 Å². The number of hydrogen-bond acceptors (Lipinski definition) is 3. The maximum absolute atomic E-state index is 12.0. The van der Waals surface area contributed by atoms with Crippen molar-refractivity contribution >= 4 is 29.1 Å². The minimum atomic E-state index is -0.684. The molecule has 0 atom stereocenters. The predicted molar refractivity (Wildman–Crippen MR) is 75.0 cm³/mol. The van der Waals surface area contributed by atoms with Gasteiger partial charge in [-0.25, -0.2) is 4.98 Å². The molecule has 1 heterocycles. The molecule has 0 radical (unpaired) electrons. The number of halogens is 1. The number of carbonyl (C=O) groups is 2. The minimum absolute atomic E-state index is 0.168. The lowest BCUT2D eigenvalue weighted by Crippen LogP contribution is -2.40. The van der Waals surface area contributed by atoms with Crippen LogP contribution < -0.4 is 5.32 Å². The molecule has 0 unspecified atom stereocenters. The number of rotatable bonds is 5. The van der Waals surface area contributed by atoms with E-state index in [4.69, 9.17) is 11.6 Å². The van der Waals surface area contributed by atoms with Crippen molar-refractivity contribution in [2.45, 2.75) is 26.7 Å². The Morgan fingerprint density at radius 1 is 1.32 bits per heavy atom. The number of hydrogen-bond donors (Lipinski definition) is 1. The van der Waals surface area contributed by atoms with Gasteiger partial charge in [0.05, 0.1) is 5.69 Å². The van der Waals surface area contributed by atoms with E-state index in [1.807, 2.05) is 13.8 Å². The first kappa shape index (κ1) is 15.4. The van der Waals surface area contributed by atoms with Crippen LogP contribution in [0.4, 0.5) is 5.69 Å². The summed E-state index contributed by atoms with van der Waals surface area (Å²) in [6.45, 7) is 5.07. The summed E-state index contributed by atoms with van der Waals surface area (Å²) in [4.78, 5) is 29.2. The number of aromatic nitrogens is 1. The van der Waals surface area contributed by atoms with Crippen molar-refractivity contribution in [2.75, 3.05) is 18.4 Å². The summed E-state index contributed by atoms with van der Waals surface area (Å²) in [5, 5.41) is 2.65. The number of nitrogens with one attached hydrogen (secondary N) is 1. The predicted octanol–water partition coefficient (Wildman–Crippen LogP) is 2.32. The summed E-state index contributed by atoms with van der Waals surface area (Å²) in [5.74, 6) is -1.22. The van der Waals surface area contributed by atoms with Crippen molar-refractivity contribution in [3.8, 4) is 0 Å². The first-order valence-corrected chi connectivity index (χ1v) is 6.68. The van der Waals surface area contributed by atoms with E-state index in [0.29, 0.717) is 18.8 Å². The van der Waals surface area contributed by atoms with Crippen LogP contribution in [0.5, 0.6) is 0 Å². The van der Waals surface area contributed by atoms with Crippen LogP contribution in [0.2, 0.25) is 5.15 Å². The molecule has 5 nitrogen and oxygen atoms in total. The SMILES string of the molecule is CCCN(CCC)C(=O)C(=O)Nc1cccnc1Cl. The molecular weight excluding hydrogens is 266 g/mol. The molecule has 0 saturated carbocycles. The van der Waals surface area contributed by atoms with Gasteiger partial charge in [-0.2, -0.15) is 0 Å². The van der Waals surface area contributed by atoms with Crippen LogP contribution in [-0.2, 0) is 9.59 Å². The first-order chi connectivity index (χ1) is 9.10. The Morgan fingerprint density at radius 3 is 2.47 bits per heavy atom. The molecule has 0 aliphatic rings. The molecular formula is C13H18ClN3O2. The van der Waals surface area contributed by atoms with E-state index in [0.717, 1.165) is 12.8 Å². The molecule has 6 heteroatoms. The van der Waals surface area contributed by atoms with E-state index in [2.05, 4.69) is 10.3 Å². The van der Waals surface area contributed by atoms with Crippen LogP contribution in [0.25, 0.3) is 0 Å². The smallest absolute Gasteiger partial charge is 0.313 e. The fourth-order valence-electron chi connectivity index (χ4n) is 1.65. The van der Waals surface area contributed by atoms with Crippen molar-refractivity contribution in [1.82, 2.24) is 9.88 Å². The van der Waals surface area contributed by atoms with Crippen LogP contribution >= 0.6 is 11.6 Å². The van der Waals surface area contributed by atoms with Crippen LogP contribution in [0.3, 0.4) is 0 Å². The molecule has 0 spiro atoms. The van der Waals surface area contributed by atoms with Gasteiger partial charge in [-0.1, -0.05) is 25.4 Å². The number of carbonyl (C=O) groups excluding carboxylic acids is 2. The molecule has 0 aromatic carbocycles. The van der Waals surface area contributed by atoms with Crippen molar-refractivity contribution < 1.29 is 9.59 Å². The molecule has 0 fully saturated rings. The quantitative estimate of drug-likeness (QED) is 0.666. The summed E-state index contributed by atoms with van der Waals surface area (Å²) in [7, 11) is 0. The second kappa shape index (κ2) is 7.74. The van der Waals surface area contributed by atoms with Gasteiger partial charge in [0, 0.05) is 19.3 Å². The second-order valence-corrected chi connectivity index (χ2v) is 4.45. The highest BCUT2D eigenvalue weighted by molar-refractivity contribution is 6.41. The van der Waals surface area contributed by atoms with Gasteiger partial charge in [-0.05, 0) is 25.0 Å². The Morgan fingerprint density at radius 2 is 1.95 bits per heavy atom. The Hall–Kier alpha value is -1.62. The molecule has 2 amide bonds. The number of pyridine rings is 1. The highest BCUT2D eigenvalue weighted by atomic mass is 35.5. The lowest BCUT2D eigenvalue weighted by atomic mass is 10.3. The third-order valence-corrected chi connectivity index (χ3v) is 2.78. The molecule has 1 aromatic rings. The highest BCUT2D eigenvalue weighted by Crippen LogP contribution is 2.17. The Balaban J connectivity index is 2.71. The molecule has 0 saturated heterocycles. The highest BCUT2D eigenvalue weighted by Gasteiger charge is 2.21. The molecule has 0 aliphatic carbocycles. The first-order valence-electron chi connectivity index (χ1n) is 6.30. The average Bonchev–Trinajstić information content (AvgIpc) is 2.40. The van der Waals surface area contributed by atoms with Crippen molar-refractivity contribution in [3.05, 3.63) is 23.5 Å². The summed E-state index contributed by atoms with van der Waals surface area (Å²) < 4.78 is 0. The molecule has 0 bridgehead atoms. The van der Waals surface area contributed by atoms with Gasteiger partial charge in [0.25, 0.3) is 0 Å². The fourth-order valence-corrected chi connectivity index (χ4v) is 1.82. The average molecular weight is 284 g/mol. The van der Waals surface area contributed by atoms with Crippen LogP contribution in [-0.4, -0.2) is 34.8 Å². The van der Waals surface area contributed by atoms with Gasteiger partial charge in [0.2, 0.25) is 0 Å². The maximum atomic E-state index is 12.0. The lowest BCUT2D eigenvalue weighted by molar-refractivity contribution is -0.143. The minimum Gasteiger partial charge on any atom is -0.334 e. The Kier molecular flexibility index (Phi) is 6.29. The summed E-state index contributed by atoms with van der Waals surface area (Å²) >= 11 is 5.82. The van der Waals surface area contributed by atoms with Gasteiger partial charge in [-0.15, -0.1) is 0 Å². The summed E-state index contributed by atoms with van der Waals surface area (Å²) in [6, 6.07) is 3.24. The monoisotopic (exact) mass is 283 g/mol. The molecule has 0 aliphatic heterocycles.